The Morgan fingerprint density at radius 3 is 2.82 bits per heavy atom. The van der Waals surface area contributed by atoms with E-state index in [1.807, 2.05) is 19.1 Å². The minimum absolute atomic E-state index is 0.373. The number of rotatable bonds is 2. The highest BCUT2D eigenvalue weighted by Gasteiger charge is 1.97. The molecule has 0 radical (unpaired) electrons. The van der Waals surface area contributed by atoms with Crippen LogP contribution >= 0.6 is 0 Å². The molecule has 0 saturated carbocycles. The topological polar surface area (TPSA) is 20.2 Å². The predicted molar refractivity (Wildman–Crippen MR) is 47.6 cm³/mol. The molecule has 0 aliphatic heterocycles. The van der Waals surface area contributed by atoms with Gasteiger partial charge in [-0.3, -0.25) is 0 Å². The van der Waals surface area contributed by atoms with Crippen molar-refractivity contribution < 1.29 is 5.11 Å². The Morgan fingerprint density at radius 2 is 2.27 bits per heavy atom. The molecule has 0 spiro atoms. The third kappa shape index (κ3) is 1.61. The monoisotopic (exact) mass is 148 g/mol. The summed E-state index contributed by atoms with van der Waals surface area (Å²) in [6.07, 6.45) is 2.63. The average molecular weight is 148 g/mol. The molecular weight excluding hydrogens is 136 g/mol. The lowest BCUT2D eigenvalue weighted by Crippen LogP contribution is -1.82. The second kappa shape index (κ2) is 3.24. The molecule has 11 heavy (non-hydrogen) atoms. The van der Waals surface area contributed by atoms with Gasteiger partial charge in [0.05, 0.1) is 0 Å². The quantitative estimate of drug-likeness (QED) is 0.683. The van der Waals surface area contributed by atoms with Crippen LogP contribution < -0.4 is 0 Å². The maximum atomic E-state index is 9.30. The minimum atomic E-state index is 0.373. The normalized spacial score (nSPS) is 9.55. The van der Waals surface area contributed by atoms with Crippen LogP contribution in [0.2, 0.25) is 0 Å². The second-order valence-electron chi connectivity index (χ2n) is 2.45. The second-order valence-corrected chi connectivity index (χ2v) is 2.45. The molecule has 1 heteroatoms. The molecule has 0 saturated heterocycles. The van der Waals surface area contributed by atoms with Crippen LogP contribution in [0, 0.1) is 0 Å². The van der Waals surface area contributed by atoms with Gasteiger partial charge < -0.3 is 5.11 Å². The van der Waals surface area contributed by atoms with Crippen LogP contribution in [0.3, 0.4) is 0 Å². The van der Waals surface area contributed by atoms with Crippen molar-refractivity contribution in [3.8, 4) is 5.75 Å². The van der Waals surface area contributed by atoms with E-state index in [-0.39, 0.29) is 0 Å². The summed E-state index contributed by atoms with van der Waals surface area (Å²) in [6, 6.07) is 5.50. The number of aromatic hydroxyl groups is 1. The van der Waals surface area contributed by atoms with Crippen LogP contribution in [-0.2, 0) is 6.42 Å². The number of hydrogen-bond donors (Lipinski definition) is 1. The first-order valence-corrected chi connectivity index (χ1v) is 3.72. The third-order valence-corrected chi connectivity index (χ3v) is 1.72. The Kier molecular flexibility index (Phi) is 2.32. The molecule has 0 aromatic heterocycles. The molecule has 0 aliphatic rings. The lowest BCUT2D eigenvalue weighted by atomic mass is 10.1. The zero-order valence-electron chi connectivity index (χ0n) is 6.67. The summed E-state index contributed by atoms with van der Waals surface area (Å²) < 4.78 is 0. The average Bonchev–Trinajstić information content (AvgIpc) is 2.05. The molecule has 1 aromatic carbocycles. The zero-order valence-corrected chi connectivity index (χ0v) is 6.67. The van der Waals surface area contributed by atoms with E-state index < -0.39 is 0 Å². The summed E-state index contributed by atoms with van der Waals surface area (Å²) in [5.74, 6) is 0.373. The number of benzene rings is 1. The Hall–Kier alpha value is -1.24. The molecule has 0 bridgehead atoms. The van der Waals surface area contributed by atoms with E-state index in [9.17, 15) is 5.11 Å². The van der Waals surface area contributed by atoms with Crippen LogP contribution in [0.1, 0.15) is 18.1 Å². The van der Waals surface area contributed by atoms with Crippen LogP contribution in [-0.4, -0.2) is 5.11 Å². The lowest BCUT2D eigenvalue weighted by molar-refractivity contribution is 0.469. The standard InChI is InChI=1S/C10H12O/c1-3-8-5-6-10(11)9(4-2)7-8/h3,5-7,11H,1,4H2,2H3. The number of aryl methyl sites for hydroxylation is 1. The molecule has 1 nitrogen and oxygen atoms in total. The fourth-order valence-electron chi connectivity index (χ4n) is 1.02. The smallest absolute Gasteiger partial charge is 0.118 e. The van der Waals surface area contributed by atoms with Crippen LogP contribution in [0.5, 0.6) is 5.75 Å². The summed E-state index contributed by atoms with van der Waals surface area (Å²) in [7, 11) is 0. The zero-order chi connectivity index (χ0) is 8.27. The van der Waals surface area contributed by atoms with E-state index >= 15 is 0 Å². The van der Waals surface area contributed by atoms with Crippen molar-refractivity contribution >= 4 is 6.08 Å². The van der Waals surface area contributed by atoms with Gasteiger partial charge in [-0.1, -0.05) is 25.6 Å². The van der Waals surface area contributed by atoms with Gasteiger partial charge in [-0.15, -0.1) is 0 Å². The molecule has 58 valence electrons. The van der Waals surface area contributed by atoms with Crippen molar-refractivity contribution in [1.82, 2.24) is 0 Å². The molecule has 0 amide bonds. The van der Waals surface area contributed by atoms with Crippen molar-refractivity contribution in [2.24, 2.45) is 0 Å². The first kappa shape index (κ1) is 7.86. The molecule has 0 unspecified atom stereocenters. The molecule has 0 aliphatic carbocycles. The fraction of sp³-hybridized carbons (Fsp3) is 0.200. The van der Waals surface area contributed by atoms with E-state index in [0.717, 1.165) is 17.5 Å². The van der Waals surface area contributed by atoms with Gasteiger partial charge >= 0.3 is 0 Å². The fourth-order valence-corrected chi connectivity index (χ4v) is 1.02. The summed E-state index contributed by atoms with van der Waals surface area (Å²) in [5.41, 5.74) is 2.03. The Bertz CT molecular complexity index is 264. The molecule has 1 N–H and O–H groups in total. The number of phenolic OH excluding ortho intramolecular Hbond substituents is 1. The molecule has 0 atom stereocenters. The number of phenols is 1. The van der Waals surface area contributed by atoms with Gasteiger partial charge in [-0.05, 0) is 29.7 Å². The maximum absolute atomic E-state index is 9.30. The summed E-state index contributed by atoms with van der Waals surface area (Å²) >= 11 is 0. The predicted octanol–water partition coefficient (Wildman–Crippen LogP) is 2.60. The highest BCUT2D eigenvalue weighted by molar-refractivity contribution is 5.51. The molecular formula is C10H12O. The molecule has 1 aromatic rings. The van der Waals surface area contributed by atoms with Crippen molar-refractivity contribution in [2.75, 3.05) is 0 Å². The number of hydrogen-bond acceptors (Lipinski definition) is 1. The summed E-state index contributed by atoms with van der Waals surface area (Å²) in [6.45, 7) is 5.67. The summed E-state index contributed by atoms with van der Waals surface area (Å²) in [4.78, 5) is 0. The van der Waals surface area contributed by atoms with Gasteiger partial charge in [0.15, 0.2) is 0 Å². The Labute approximate surface area is 67.0 Å². The van der Waals surface area contributed by atoms with E-state index in [1.165, 1.54) is 0 Å². The highest BCUT2D eigenvalue weighted by Crippen LogP contribution is 2.19. The van der Waals surface area contributed by atoms with Gasteiger partial charge in [0.25, 0.3) is 0 Å². The molecule has 1 rings (SSSR count). The third-order valence-electron chi connectivity index (χ3n) is 1.72. The van der Waals surface area contributed by atoms with Gasteiger partial charge in [-0.2, -0.15) is 0 Å². The van der Waals surface area contributed by atoms with Crippen molar-refractivity contribution in [1.29, 1.82) is 0 Å². The van der Waals surface area contributed by atoms with E-state index in [4.69, 9.17) is 0 Å². The first-order chi connectivity index (χ1) is 5.27. The largest absolute Gasteiger partial charge is 0.508 e. The molecule has 0 fully saturated rings. The first-order valence-electron chi connectivity index (χ1n) is 3.72. The Balaban J connectivity index is 3.12. The molecule has 0 heterocycles. The van der Waals surface area contributed by atoms with Crippen LogP contribution in [0.25, 0.3) is 6.08 Å². The van der Waals surface area contributed by atoms with Gasteiger partial charge in [-0.25, -0.2) is 0 Å². The Morgan fingerprint density at radius 1 is 1.55 bits per heavy atom. The SMILES string of the molecule is C=Cc1ccc(O)c(CC)c1. The van der Waals surface area contributed by atoms with Crippen molar-refractivity contribution in [2.45, 2.75) is 13.3 Å². The van der Waals surface area contributed by atoms with Gasteiger partial charge in [0.2, 0.25) is 0 Å². The van der Waals surface area contributed by atoms with Crippen LogP contribution in [0.15, 0.2) is 24.8 Å². The highest BCUT2D eigenvalue weighted by atomic mass is 16.3. The van der Waals surface area contributed by atoms with E-state index in [0.29, 0.717) is 5.75 Å². The van der Waals surface area contributed by atoms with E-state index in [1.54, 1.807) is 12.1 Å². The van der Waals surface area contributed by atoms with Gasteiger partial charge in [0.1, 0.15) is 5.75 Å². The van der Waals surface area contributed by atoms with Crippen molar-refractivity contribution in [3.05, 3.63) is 35.9 Å². The van der Waals surface area contributed by atoms with Crippen molar-refractivity contribution in [3.63, 3.8) is 0 Å². The lowest BCUT2D eigenvalue weighted by Gasteiger charge is -2.01. The van der Waals surface area contributed by atoms with E-state index in [2.05, 4.69) is 6.58 Å². The van der Waals surface area contributed by atoms with Gasteiger partial charge in [0, 0.05) is 0 Å². The van der Waals surface area contributed by atoms with Crippen LogP contribution in [0.4, 0.5) is 0 Å². The summed E-state index contributed by atoms with van der Waals surface area (Å²) in [5, 5.41) is 9.30. The maximum Gasteiger partial charge on any atom is 0.118 e. The minimum Gasteiger partial charge on any atom is -0.508 e.